The highest BCUT2D eigenvalue weighted by molar-refractivity contribution is 4.72. The van der Waals surface area contributed by atoms with Crippen molar-refractivity contribution in [2.24, 2.45) is 23.3 Å². The van der Waals surface area contributed by atoms with E-state index < -0.39 is 0 Å². The molecule has 0 aliphatic heterocycles. The van der Waals surface area contributed by atoms with Crippen molar-refractivity contribution in [2.75, 3.05) is 0 Å². The Morgan fingerprint density at radius 3 is 1.21 bits per heavy atom. The molecule has 0 fully saturated rings. The van der Waals surface area contributed by atoms with Gasteiger partial charge in [-0.05, 0) is 37.5 Å². The van der Waals surface area contributed by atoms with Gasteiger partial charge in [-0.3, -0.25) is 0 Å². The summed E-state index contributed by atoms with van der Waals surface area (Å²) < 4.78 is 0. The van der Waals surface area contributed by atoms with Crippen LogP contribution in [0.25, 0.3) is 0 Å². The number of nitrogens with two attached hydrogens (primary N) is 2. The molecule has 2 nitrogen and oxygen atoms in total. The maximum atomic E-state index is 6.15. The fraction of sp³-hybridized carbons (Fsp3) is 1.00. The molecule has 0 aromatic heterocycles. The predicted molar refractivity (Wildman–Crippen MR) is 87.2 cm³/mol. The van der Waals surface area contributed by atoms with E-state index in [2.05, 4.69) is 27.7 Å². The molecule has 0 heterocycles. The molecule has 0 bridgehead atoms. The lowest BCUT2D eigenvalue weighted by molar-refractivity contribution is 0.338. The van der Waals surface area contributed by atoms with E-state index in [0.717, 1.165) is 24.7 Å². The summed E-state index contributed by atoms with van der Waals surface area (Å²) in [5.74, 6) is 1.45. The van der Waals surface area contributed by atoms with Crippen LogP contribution in [0.3, 0.4) is 0 Å². The van der Waals surface area contributed by atoms with E-state index in [-0.39, 0.29) is 0 Å². The lowest BCUT2D eigenvalue weighted by Crippen LogP contribution is -2.29. The van der Waals surface area contributed by atoms with E-state index in [9.17, 15) is 0 Å². The van der Waals surface area contributed by atoms with Crippen LogP contribution in [-0.2, 0) is 0 Å². The van der Waals surface area contributed by atoms with Crippen LogP contribution < -0.4 is 11.5 Å². The first-order valence-electron chi connectivity index (χ1n) is 8.61. The summed E-state index contributed by atoms with van der Waals surface area (Å²) in [7, 11) is 0. The van der Waals surface area contributed by atoms with E-state index >= 15 is 0 Å². The number of rotatable bonds is 12. The number of hydrogen-bond acceptors (Lipinski definition) is 2. The van der Waals surface area contributed by atoms with Crippen LogP contribution in [0.15, 0.2) is 0 Å². The van der Waals surface area contributed by atoms with Gasteiger partial charge in [0.05, 0.1) is 0 Å². The maximum absolute atomic E-state index is 6.15. The molecule has 0 saturated heterocycles. The molecule has 116 valence electrons. The highest BCUT2D eigenvalue weighted by atomic mass is 14.6. The smallest absolute Gasteiger partial charge is 0.00644 e. The quantitative estimate of drug-likeness (QED) is 0.514. The molecule has 0 aromatic carbocycles. The standard InChI is InChI=1S/C17H38N2/c1-5-14(16(18)7-3)12-10-9-11-13-15(6-2)17(19)8-4/h14-17H,5-13,18-19H2,1-4H3. The fourth-order valence-electron chi connectivity index (χ4n) is 3.10. The summed E-state index contributed by atoms with van der Waals surface area (Å²) in [6.07, 6.45) is 11.3. The zero-order chi connectivity index (χ0) is 14.7. The van der Waals surface area contributed by atoms with Gasteiger partial charge in [-0.25, -0.2) is 0 Å². The predicted octanol–water partition coefficient (Wildman–Crippen LogP) is 4.46. The second-order valence-corrected chi connectivity index (χ2v) is 6.12. The van der Waals surface area contributed by atoms with Gasteiger partial charge in [0.25, 0.3) is 0 Å². The van der Waals surface area contributed by atoms with E-state index in [1.165, 1.54) is 44.9 Å². The Hall–Kier alpha value is -0.0800. The first kappa shape index (κ1) is 18.9. The molecule has 0 radical (unpaired) electrons. The van der Waals surface area contributed by atoms with Gasteiger partial charge in [0.15, 0.2) is 0 Å². The summed E-state index contributed by atoms with van der Waals surface area (Å²) in [5.41, 5.74) is 12.3. The van der Waals surface area contributed by atoms with Gasteiger partial charge in [0, 0.05) is 12.1 Å². The van der Waals surface area contributed by atoms with E-state index in [4.69, 9.17) is 11.5 Å². The lowest BCUT2D eigenvalue weighted by Gasteiger charge is -2.22. The second-order valence-electron chi connectivity index (χ2n) is 6.12. The van der Waals surface area contributed by atoms with Crippen LogP contribution in [0.4, 0.5) is 0 Å². The molecule has 4 N–H and O–H groups in total. The lowest BCUT2D eigenvalue weighted by atomic mass is 9.88. The van der Waals surface area contributed by atoms with Gasteiger partial charge in [-0.15, -0.1) is 0 Å². The van der Waals surface area contributed by atoms with Crippen molar-refractivity contribution < 1.29 is 0 Å². The van der Waals surface area contributed by atoms with Gasteiger partial charge >= 0.3 is 0 Å². The molecule has 0 aromatic rings. The van der Waals surface area contributed by atoms with Crippen LogP contribution in [0.5, 0.6) is 0 Å². The minimum absolute atomic E-state index is 0.405. The first-order chi connectivity index (χ1) is 9.10. The summed E-state index contributed by atoms with van der Waals surface area (Å²) in [5, 5.41) is 0. The molecule has 0 aliphatic carbocycles. The molecule has 0 spiro atoms. The molecule has 4 atom stereocenters. The van der Waals surface area contributed by atoms with Gasteiger partial charge in [0.2, 0.25) is 0 Å². The zero-order valence-corrected chi connectivity index (χ0v) is 13.8. The van der Waals surface area contributed by atoms with E-state index in [1.54, 1.807) is 0 Å². The third-order valence-electron chi connectivity index (χ3n) is 4.85. The highest BCUT2D eigenvalue weighted by Crippen LogP contribution is 2.21. The Kier molecular flexibility index (Phi) is 11.7. The third kappa shape index (κ3) is 7.94. The Balaban J connectivity index is 3.73. The Morgan fingerprint density at radius 1 is 0.579 bits per heavy atom. The first-order valence-corrected chi connectivity index (χ1v) is 8.61. The van der Waals surface area contributed by atoms with Crippen molar-refractivity contribution in [1.29, 1.82) is 0 Å². The van der Waals surface area contributed by atoms with Crippen LogP contribution in [-0.4, -0.2) is 12.1 Å². The normalized spacial score (nSPS) is 18.0. The summed E-state index contributed by atoms with van der Waals surface area (Å²) >= 11 is 0. The minimum Gasteiger partial charge on any atom is -0.327 e. The largest absolute Gasteiger partial charge is 0.327 e. The number of unbranched alkanes of at least 4 members (excludes halogenated alkanes) is 2. The summed E-state index contributed by atoms with van der Waals surface area (Å²) in [6.45, 7) is 8.94. The molecule has 4 unspecified atom stereocenters. The Morgan fingerprint density at radius 2 is 0.947 bits per heavy atom. The molecule has 0 saturated carbocycles. The Bertz CT molecular complexity index is 174. The van der Waals surface area contributed by atoms with Crippen molar-refractivity contribution in [3.8, 4) is 0 Å². The van der Waals surface area contributed by atoms with E-state index in [0.29, 0.717) is 12.1 Å². The van der Waals surface area contributed by atoms with Crippen molar-refractivity contribution in [3.05, 3.63) is 0 Å². The minimum atomic E-state index is 0.405. The molecule has 0 aliphatic rings. The maximum Gasteiger partial charge on any atom is 0.00644 e. The highest BCUT2D eigenvalue weighted by Gasteiger charge is 2.15. The van der Waals surface area contributed by atoms with Crippen LogP contribution in [0.1, 0.15) is 85.5 Å². The third-order valence-corrected chi connectivity index (χ3v) is 4.85. The van der Waals surface area contributed by atoms with Crippen LogP contribution in [0, 0.1) is 11.8 Å². The fourth-order valence-corrected chi connectivity index (χ4v) is 3.10. The SMILES string of the molecule is CCC(N)C(CC)CCCCCC(CC)C(N)CC. The van der Waals surface area contributed by atoms with Gasteiger partial charge < -0.3 is 11.5 Å². The van der Waals surface area contributed by atoms with Gasteiger partial charge in [-0.2, -0.15) is 0 Å². The number of hydrogen-bond donors (Lipinski definition) is 2. The van der Waals surface area contributed by atoms with Crippen molar-refractivity contribution in [1.82, 2.24) is 0 Å². The van der Waals surface area contributed by atoms with Crippen molar-refractivity contribution >= 4 is 0 Å². The van der Waals surface area contributed by atoms with Crippen molar-refractivity contribution in [2.45, 2.75) is 97.6 Å². The van der Waals surface area contributed by atoms with E-state index in [1.807, 2.05) is 0 Å². The second kappa shape index (κ2) is 11.7. The molecule has 19 heavy (non-hydrogen) atoms. The average Bonchev–Trinajstić information content (AvgIpc) is 2.45. The van der Waals surface area contributed by atoms with Crippen molar-refractivity contribution in [3.63, 3.8) is 0 Å². The van der Waals surface area contributed by atoms with Crippen LogP contribution >= 0.6 is 0 Å². The Labute approximate surface area is 121 Å². The molecule has 0 rings (SSSR count). The molecular formula is C17H38N2. The topological polar surface area (TPSA) is 52.0 Å². The summed E-state index contributed by atoms with van der Waals surface area (Å²) in [4.78, 5) is 0. The summed E-state index contributed by atoms with van der Waals surface area (Å²) in [6, 6.07) is 0.809. The zero-order valence-electron chi connectivity index (χ0n) is 13.8. The van der Waals surface area contributed by atoms with Gasteiger partial charge in [0.1, 0.15) is 0 Å². The average molecular weight is 271 g/mol. The monoisotopic (exact) mass is 270 g/mol. The molecule has 0 amide bonds. The van der Waals surface area contributed by atoms with Crippen LogP contribution in [0.2, 0.25) is 0 Å². The molecular weight excluding hydrogens is 232 g/mol. The van der Waals surface area contributed by atoms with Gasteiger partial charge in [-0.1, -0.05) is 59.8 Å². The molecule has 2 heteroatoms.